The van der Waals surface area contributed by atoms with Crippen LogP contribution in [0, 0.1) is 11.7 Å². The number of furan rings is 1. The molecule has 6 nitrogen and oxygen atoms in total. The van der Waals surface area contributed by atoms with Crippen molar-refractivity contribution < 1.29 is 13.6 Å². The largest absolute Gasteiger partial charge is 0.448 e. The Balaban J connectivity index is 1.59. The highest BCUT2D eigenvalue weighted by Crippen LogP contribution is 2.24. The summed E-state index contributed by atoms with van der Waals surface area (Å²) < 4.78 is 20.1. The summed E-state index contributed by atoms with van der Waals surface area (Å²) in [5, 5.41) is 3.68. The van der Waals surface area contributed by atoms with Crippen LogP contribution in [0.3, 0.4) is 0 Å². The molecule has 0 bridgehead atoms. The van der Waals surface area contributed by atoms with Crippen LogP contribution in [0.2, 0.25) is 0 Å². The molecule has 4 aromatic rings. The van der Waals surface area contributed by atoms with Crippen LogP contribution >= 0.6 is 0 Å². The van der Waals surface area contributed by atoms with Crippen molar-refractivity contribution in [3.63, 3.8) is 0 Å². The standard InChI is InChI=1S/C22H20FN3O3/c1-13(2)19(14-7-9-15(23)10-8-14)25-18(27)11-26-12-24-20-16-5-3-4-6-17(16)29-21(20)22(26)28/h3-10,12-13,19H,11H2,1-2H3,(H,25,27)/t19-/m0/s1. The van der Waals surface area contributed by atoms with Gasteiger partial charge < -0.3 is 9.73 Å². The molecular weight excluding hydrogens is 373 g/mol. The highest BCUT2D eigenvalue weighted by molar-refractivity contribution is 6.01. The molecule has 1 amide bonds. The fourth-order valence-corrected chi connectivity index (χ4v) is 3.41. The zero-order chi connectivity index (χ0) is 20.5. The topological polar surface area (TPSA) is 77.1 Å². The monoisotopic (exact) mass is 393 g/mol. The van der Waals surface area contributed by atoms with Crippen LogP contribution in [0.1, 0.15) is 25.5 Å². The number of benzene rings is 2. The number of amides is 1. The third kappa shape index (κ3) is 3.63. The van der Waals surface area contributed by atoms with E-state index < -0.39 is 5.56 Å². The van der Waals surface area contributed by atoms with Gasteiger partial charge in [0.2, 0.25) is 11.5 Å². The van der Waals surface area contributed by atoms with Crippen molar-refractivity contribution in [2.75, 3.05) is 0 Å². The molecule has 0 radical (unpaired) electrons. The van der Waals surface area contributed by atoms with Crippen molar-refractivity contribution in [3.05, 3.63) is 76.6 Å². The average Bonchev–Trinajstić information content (AvgIpc) is 3.08. The minimum Gasteiger partial charge on any atom is -0.448 e. The molecule has 2 heterocycles. The Morgan fingerprint density at radius 2 is 1.90 bits per heavy atom. The van der Waals surface area contributed by atoms with E-state index in [4.69, 9.17) is 4.42 Å². The molecule has 0 aliphatic heterocycles. The van der Waals surface area contributed by atoms with E-state index in [0.717, 1.165) is 10.9 Å². The lowest BCUT2D eigenvalue weighted by molar-refractivity contribution is -0.122. The first-order valence-corrected chi connectivity index (χ1v) is 9.35. The molecule has 0 saturated carbocycles. The first-order valence-electron chi connectivity index (χ1n) is 9.35. The van der Waals surface area contributed by atoms with Gasteiger partial charge in [0.15, 0.2) is 0 Å². The summed E-state index contributed by atoms with van der Waals surface area (Å²) in [4.78, 5) is 29.7. The number of rotatable bonds is 5. The van der Waals surface area contributed by atoms with Crippen LogP contribution < -0.4 is 10.9 Å². The molecular formula is C22H20FN3O3. The highest BCUT2D eigenvalue weighted by Gasteiger charge is 2.20. The molecule has 4 rings (SSSR count). The summed E-state index contributed by atoms with van der Waals surface area (Å²) in [5.74, 6) is -0.594. The second kappa shape index (κ2) is 7.50. The van der Waals surface area contributed by atoms with E-state index in [0.29, 0.717) is 11.1 Å². The van der Waals surface area contributed by atoms with Gasteiger partial charge in [-0.1, -0.05) is 38.1 Å². The maximum atomic E-state index is 13.2. The molecule has 0 fully saturated rings. The lowest BCUT2D eigenvalue weighted by atomic mass is 9.96. The molecule has 0 aliphatic rings. The van der Waals surface area contributed by atoms with Crippen LogP contribution in [0.15, 0.2) is 64.1 Å². The molecule has 7 heteroatoms. The second-order valence-electron chi connectivity index (χ2n) is 7.29. The SMILES string of the molecule is CC(C)[C@H](NC(=O)Cn1cnc2c(oc3ccccc32)c1=O)c1ccc(F)cc1. The predicted molar refractivity (Wildman–Crippen MR) is 108 cm³/mol. The maximum Gasteiger partial charge on any atom is 0.297 e. The third-order valence-corrected chi connectivity index (χ3v) is 4.88. The van der Waals surface area contributed by atoms with Gasteiger partial charge in [-0.05, 0) is 35.7 Å². The van der Waals surface area contributed by atoms with E-state index in [9.17, 15) is 14.0 Å². The summed E-state index contributed by atoms with van der Waals surface area (Å²) in [6.45, 7) is 3.73. The average molecular weight is 393 g/mol. The van der Waals surface area contributed by atoms with Gasteiger partial charge in [0, 0.05) is 5.39 Å². The van der Waals surface area contributed by atoms with Crippen LogP contribution in [0.5, 0.6) is 0 Å². The Labute approximate surface area is 166 Å². The van der Waals surface area contributed by atoms with Crippen molar-refractivity contribution in [1.82, 2.24) is 14.9 Å². The molecule has 0 saturated heterocycles. The maximum absolute atomic E-state index is 13.2. The minimum atomic E-state index is -0.413. The summed E-state index contributed by atoms with van der Waals surface area (Å²) in [7, 11) is 0. The summed E-state index contributed by atoms with van der Waals surface area (Å²) in [6.07, 6.45) is 1.36. The molecule has 0 unspecified atom stereocenters. The van der Waals surface area contributed by atoms with Gasteiger partial charge in [0.1, 0.15) is 23.5 Å². The van der Waals surface area contributed by atoms with Crippen molar-refractivity contribution in [2.45, 2.75) is 26.4 Å². The van der Waals surface area contributed by atoms with E-state index in [-0.39, 0.29) is 35.8 Å². The van der Waals surface area contributed by atoms with Crippen LogP contribution in [0.4, 0.5) is 4.39 Å². The molecule has 1 atom stereocenters. The fraction of sp³-hybridized carbons (Fsp3) is 0.227. The number of nitrogens with one attached hydrogen (secondary N) is 1. The minimum absolute atomic E-state index is 0.0807. The summed E-state index contributed by atoms with van der Waals surface area (Å²) in [5.41, 5.74) is 1.57. The van der Waals surface area contributed by atoms with Gasteiger partial charge in [-0.15, -0.1) is 0 Å². The van der Waals surface area contributed by atoms with E-state index >= 15 is 0 Å². The number of fused-ring (bicyclic) bond motifs is 3. The van der Waals surface area contributed by atoms with Crippen LogP contribution in [-0.2, 0) is 11.3 Å². The molecule has 2 aromatic heterocycles. The van der Waals surface area contributed by atoms with E-state index in [1.54, 1.807) is 18.2 Å². The fourth-order valence-electron chi connectivity index (χ4n) is 3.41. The van der Waals surface area contributed by atoms with Crippen molar-refractivity contribution in [1.29, 1.82) is 0 Å². The van der Waals surface area contributed by atoms with Crippen molar-refractivity contribution >= 4 is 28.0 Å². The number of hydrogen-bond donors (Lipinski definition) is 1. The smallest absolute Gasteiger partial charge is 0.297 e. The zero-order valence-electron chi connectivity index (χ0n) is 16.1. The Kier molecular flexibility index (Phi) is 4.88. The number of para-hydroxylation sites is 1. The second-order valence-corrected chi connectivity index (χ2v) is 7.29. The number of carbonyl (C=O) groups is 1. The van der Waals surface area contributed by atoms with E-state index in [2.05, 4.69) is 10.3 Å². The Bertz CT molecular complexity index is 1240. The molecule has 148 valence electrons. The lowest BCUT2D eigenvalue weighted by Crippen LogP contribution is -2.36. The lowest BCUT2D eigenvalue weighted by Gasteiger charge is -2.23. The van der Waals surface area contributed by atoms with Gasteiger partial charge in [-0.3, -0.25) is 14.2 Å². The number of hydrogen-bond acceptors (Lipinski definition) is 4. The normalized spacial score (nSPS) is 12.6. The molecule has 1 N–H and O–H groups in total. The molecule has 29 heavy (non-hydrogen) atoms. The Hall–Kier alpha value is -3.48. The first-order chi connectivity index (χ1) is 13.9. The number of halogens is 1. The van der Waals surface area contributed by atoms with Crippen LogP contribution in [-0.4, -0.2) is 15.5 Å². The van der Waals surface area contributed by atoms with E-state index in [1.807, 2.05) is 32.0 Å². The number of aromatic nitrogens is 2. The highest BCUT2D eigenvalue weighted by atomic mass is 19.1. The number of nitrogens with zero attached hydrogens (tertiary/aromatic N) is 2. The molecule has 0 aliphatic carbocycles. The van der Waals surface area contributed by atoms with Crippen LogP contribution in [0.25, 0.3) is 22.1 Å². The summed E-state index contributed by atoms with van der Waals surface area (Å²) in [6, 6.07) is 13.0. The van der Waals surface area contributed by atoms with Gasteiger partial charge in [-0.2, -0.15) is 0 Å². The molecule has 0 spiro atoms. The van der Waals surface area contributed by atoms with Crippen molar-refractivity contribution in [3.8, 4) is 0 Å². The van der Waals surface area contributed by atoms with Gasteiger partial charge in [-0.25, -0.2) is 9.37 Å². The van der Waals surface area contributed by atoms with Gasteiger partial charge in [0.05, 0.1) is 12.4 Å². The zero-order valence-corrected chi connectivity index (χ0v) is 16.1. The van der Waals surface area contributed by atoms with E-state index in [1.165, 1.54) is 23.0 Å². The van der Waals surface area contributed by atoms with Gasteiger partial charge >= 0.3 is 0 Å². The first kappa shape index (κ1) is 18.9. The number of carbonyl (C=O) groups excluding carboxylic acids is 1. The molecule has 2 aromatic carbocycles. The third-order valence-electron chi connectivity index (χ3n) is 4.88. The van der Waals surface area contributed by atoms with Gasteiger partial charge in [0.25, 0.3) is 5.56 Å². The summed E-state index contributed by atoms with van der Waals surface area (Å²) >= 11 is 0. The predicted octanol–water partition coefficient (Wildman–Crippen LogP) is 3.80. The Morgan fingerprint density at radius 3 is 2.62 bits per heavy atom. The quantitative estimate of drug-likeness (QED) is 0.560. The van der Waals surface area contributed by atoms with Crippen molar-refractivity contribution in [2.24, 2.45) is 5.92 Å². The Morgan fingerprint density at radius 1 is 1.17 bits per heavy atom.